The van der Waals surface area contributed by atoms with Crippen molar-refractivity contribution in [2.24, 2.45) is 0 Å². The quantitative estimate of drug-likeness (QED) is 0.333. The Morgan fingerprint density at radius 1 is 0.760 bits per heavy atom. The van der Waals surface area contributed by atoms with Crippen LogP contribution in [0, 0.1) is 6.92 Å². The van der Waals surface area contributed by atoms with Gasteiger partial charge in [-0.25, -0.2) is 0 Å². The summed E-state index contributed by atoms with van der Waals surface area (Å²) in [5.74, 6) is 0. The SMILES string of the molecule is C=CC(=C(c1ccc(Cl)cc1)c1ccc(Cl)cc1)c1ccccc1C. The van der Waals surface area contributed by atoms with Crippen molar-refractivity contribution in [3.05, 3.63) is 118 Å². The predicted octanol–water partition coefficient (Wildman–Crippen LogP) is 7.45. The molecular weight excluding hydrogens is 347 g/mol. The first-order valence-corrected chi connectivity index (χ1v) is 8.80. The molecule has 3 rings (SSSR count). The summed E-state index contributed by atoms with van der Waals surface area (Å²) in [5, 5.41) is 1.44. The summed E-state index contributed by atoms with van der Waals surface area (Å²) in [6.45, 7) is 6.19. The number of aryl methyl sites for hydroxylation is 1. The molecule has 3 aromatic rings. The van der Waals surface area contributed by atoms with E-state index < -0.39 is 0 Å². The Bertz CT molecular complexity index is 870. The lowest BCUT2D eigenvalue weighted by molar-refractivity contribution is 1.42. The number of hydrogen-bond donors (Lipinski definition) is 0. The summed E-state index contributed by atoms with van der Waals surface area (Å²) in [5.41, 5.74) is 6.74. The summed E-state index contributed by atoms with van der Waals surface area (Å²) in [6, 6.07) is 24.1. The molecule has 0 N–H and O–H groups in total. The van der Waals surface area contributed by atoms with Crippen molar-refractivity contribution in [1.29, 1.82) is 0 Å². The highest BCUT2D eigenvalue weighted by Gasteiger charge is 2.13. The lowest BCUT2D eigenvalue weighted by Gasteiger charge is -2.16. The van der Waals surface area contributed by atoms with Gasteiger partial charge in [0.1, 0.15) is 0 Å². The number of hydrogen-bond acceptors (Lipinski definition) is 0. The Morgan fingerprint density at radius 2 is 1.24 bits per heavy atom. The molecule has 0 aliphatic carbocycles. The van der Waals surface area contributed by atoms with Gasteiger partial charge < -0.3 is 0 Å². The third-order valence-corrected chi connectivity index (χ3v) is 4.68. The molecule has 0 nitrogen and oxygen atoms in total. The minimum Gasteiger partial charge on any atom is -0.0984 e. The molecule has 0 saturated heterocycles. The molecule has 0 bridgehead atoms. The van der Waals surface area contributed by atoms with Gasteiger partial charge in [0.25, 0.3) is 0 Å². The Kier molecular flexibility index (Phi) is 5.43. The highest BCUT2D eigenvalue weighted by Crippen LogP contribution is 2.35. The Balaban J connectivity index is 2.32. The van der Waals surface area contributed by atoms with E-state index in [1.807, 2.05) is 66.7 Å². The third-order valence-electron chi connectivity index (χ3n) is 4.17. The van der Waals surface area contributed by atoms with Crippen molar-refractivity contribution in [2.45, 2.75) is 6.92 Å². The van der Waals surface area contributed by atoms with E-state index in [1.165, 1.54) is 5.56 Å². The molecule has 0 amide bonds. The summed E-state index contributed by atoms with van der Waals surface area (Å²) in [4.78, 5) is 0. The van der Waals surface area contributed by atoms with Crippen LogP contribution in [0.4, 0.5) is 0 Å². The molecule has 0 atom stereocenters. The molecule has 25 heavy (non-hydrogen) atoms. The molecule has 0 fully saturated rings. The Hall–Kier alpha value is -2.28. The predicted molar refractivity (Wildman–Crippen MR) is 110 cm³/mol. The zero-order chi connectivity index (χ0) is 17.8. The van der Waals surface area contributed by atoms with E-state index in [-0.39, 0.29) is 0 Å². The maximum atomic E-state index is 6.09. The zero-order valence-corrected chi connectivity index (χ0v) is 15.5. The summed E-state index contributed by atoms with van der Waals surface area (Å²) in [7, 11) is 0. The van der Waals surface area contributed by atoms with Gasteiger partial charge in [0.15, 0.2) is 0 Å². The van der Waals surface area contributed by atoms with Gasteiger partial charge in [-0.2, -0.15) is 0 Å². The first-order chi connectivity index (χ1) is 12.1. The van der Waals surface area contributed by atoms with Crippen LogP contribution in [-0.4, -0.2) is 0 Å². The van der Waals surface area contributed by atoms with Crippen LogP contribution in [0.3, 0.4) is 0 Å². The molecule has 0 aliphatic rings. The number of allylic oxidation sites excluding steroid dienone is 2. The van der Waals surface area contributed by atoms with Crippen molar-refractivity contribution in [1.82, 2.24) is 0 Å². The fourth-order valence-electron chi connectivity index (χ4n) is 2.93. The van der Waals surface area contributed by atoms with E-state index in [1.54, 1.807) is 0 Å². The maximum Gasteiger partial charge on any atom is 0.0406 e. The van der Waals surface area contributed by atoms with Crippen LogP contribution in [0.25, 0.3) is 11.1 Å². The Labute approximate surface area is 159 Å². The molecule has 2 heteroatoms. The summed E-state index contributed by atoms with van der Waals surface area (Å²) in [6.07, 6.45) is 1.92. The molecule has 124 valence electrons. The third kappa shape index (κ3) is 3.87. The standard InChI is InChI=1S/C23H18Cl2/c1-3-21(22-7-5-4-6-16(22)2)23(17-8-12-19(24)13-9-17)18-10-14-20(25)15-11-18/h3-15H,1H2,2H3. The molecule has 0 aromatic heterocycles. The highest BCUT2D eigenvalue weighted by molar-refractivity contribution is 6.31. The van der Waals surface area contributed by atoms with Crippen LogP contribution >= 0.6 is 23.2 Å². The number of halogens is 2. The molecular formula is C23H18Cl2. The first-order valence-electron chi connectivity index (χ1n) is 8.04. The molecule has 0 spiro atoms. The maximum absolute atomic E-state index is 6.09. The van der Waals surface area contributed by atoms with Gasteiger partial charge in [0.2, 0.25) is 0 Å². The molecule has 0 radical (unpaired) electrons. The lowest BCUT2D eigenvalue weighted by Crippen LogP contribution is -1.95. The van der Waals surface area contributed by atoms with E-state index in [0.29, 0.717) is 0 Å². The minimum atomic E-state index is 0.718. The van der Waals surface area contributed by atoms with Gasteiger partial charge in [0.05, 0.1) is 0 Å². The van der Waals surface area contributed by atoms with Crippen LogP contribution < -0.4 is 0 Å². The van der Waals surface area contributed by atoms with E-state index in [9.17, 15) is 0 Å². The average molecular weight is 365 g/mol. The molecule has 0 unspecified atom stereocenters. The van der Waals surface area contributed by atoms with Crippen molar-refractivity contribution in [3.63, 3.8) is 0 Å². The van der Waals surface area contributed by atoms with E-state index >= 15 is 0 Å². The van der Waals surface area contributed by atoms with Gasteiger partial charge >= 0.3 is 0 Å². The van der Waals surface area contributed by atoms with Crippen molar-refractivity contribution in [2.75, 3.05) is 0 Å². The lowest BCUT2D eigenvalue weighted by atomic mass is 9.88. The molecule has 0 aliphatic heterocycles. The number of benzene rings is 3. The first kappa shape index (κ1) is 17.5. The molecule has 3 aromatic carbocycles. The van der Waals surface area contributed by atoms with E-state index in [0.717, 1.165) is 37.9 Å². The van der Waals surface area contributed by atoms with Gasteiger partial charge in [-0.1, -0.05) is 84.4 Å². The average Bonchev–Trinajstić information content (AvgIpc) is 2.63. The number of rotatable bonds is 4. The van der Waals surface area contributed by atoms with Gasteiger partial charge in [0, 0.05) is 10.0 Å². The van der Waals surface area contributed by atoms with Crippen LogP contribution in [0.15, 0.2) is 85.5 Å². The summed E-state index contributed by atoms with van der Waals surface area (Å²) < 4.78 is 0. The topological polar surface area (TPSA) is 0 Å². The van der Waals surface area contributed by atoms with Crippen LogP contribution in [0.5, 0.6) is 0 Å². The zero-order valence-electron chi connectivity index (χ0n) is 14.0. The largest absolute Gasteiger partial charge is 0.0984 e. The van der Waals surface area contributed by atoms with Gasteiger partial charge in [-0.05, 0) is 64.6 Å². The van der Waals surface area contributed by atoms with Crippen molar-refractivity contribution in [3.8, 4) is 0 Å². The minimum absolute atomic E-state index is 0.718. The highest BCUT2D eigenvalue weighted by atomic mass is 35.5. The van der Waals surface area contributed by atoms with E-state index in [2.05, 4.69) is 25.6 Å². The monoisotopic (exact) mass is 364 g/mol. The van der Waals surface area contributed by atoms with Gasteiger partial charge in [-0.15, -0.1) is 0 Å². The van der Waals surface area contributed by atoms with Crippen molar-refractivity contribution >= 4 is 34.3 Å². The molecule has 0 saturated carbocycles. The summed E-state index contributed by atoms with van der Waals surface area (Å²) >= 11 is 12.2. The normalized spacial score (nSPS) is 10.4. The van der Waals surface area contributed by atoms with Crippen LogP contribution in [-0.2, 0) is 0 Å². The second kappa shape index (κ2) is 7.74. The fourth-order valence-corrected chi connectivity index (χ4v) is 3.18. The van der Waals surface area contributed by atoms with Crippen LogP contribution in [0.1, 0.15) is 22.3 Å². The fraction of sp³-hybridized carbons (Fsp3) is 0.0435. The van der Waals surface area contributed by atoms with Gasteiger partial charge in [-0.3, -0.25) is 0 Å². The molecule has 0 heterocycles. The smallest absolute Gasteiger partial charge is 0.0406 e. The second-order valence-corrected chi connectivity index (χ2v) is 6.69. The Morgan fingerprint density at radius 3 is 1.68 bits per heavy atom. The van der Waals surface area contributed by atoms with Crippen molar-refractivity contribution < 1.29 is 0 Å². The second-order valence-electron chi connectivity index (χ2n) is 5.82. The van der Waals surface area contributed by atoms with E-state index in [4.69, 9.17) is 23.2 Å². The van der Waals surface area contributed by atoms with Crippen LogP contribution in [0.2, 0.25) is 10.0 Å².